The van der Waals surface area contributed by atoms with Gasteiger partial charge in [-0.1, -0.05) is 119 Å². The highest BCUT2D eigenvalue weighted by Crippen LogP contribution is 2.21. The number of carbonyl (C=O) groups is 4. The highest BCUT2D eigenvalue weighted by Gasteiger charge is 2.37. The lowest BCUT2D eigenvalue weighted by molar-refractivity contribution is -0.153. The Kier molecular flexibility index (Phi) is 30.7. The monoisotopic (exact) mass is 562 g/mol. The van der Waals surface area contributed by atoms with Gasteiger partial charge in [-0.15, -0.1) is 0 Å². The number of hydrogen-bond donors (Lipinski definition) is 3. The van der Waals surface area contributed by atoms with Crippen LogP contribution in [-0.4, -0.2) is 28.9 Å². The van der Waals surface area contributed by atoms with Crippen LogP contribution in [0.5, 0.6) is 0 Å². The molecule has 3 rings (SSSR count). The zero-order valence-electron chi connectivity index (χ0n) is 26.6. The van der Waals surface area contributed by atoms with Gasteiger partial charge in [0, 0.05) is 17.3 Å². The lowest BCUT2D eigenvalue weighted by atomic mass is 9.95. The van der Waals surface area contributed by atoms with Gasteiger partial charge in [-0.25, -0.2) is 0 Å². The van der Waals surface area contributed by atoms with Gasteiger partial charge in [0.05, 0.1) is 17.8 Å². The number of carbonyl (C=O) groups excluding carboxylic acids is 3. The maximum Gasteiger partial charge on any atom is 0.317 e. The third-order valence-corrected chi connectivity index (χ3v) is 5.09. The number of carboxylic acids is 1. The molecule has 0 saturated carbocycles. The fourth-order valence-corrected chi connectivity index (χ4v) is 2.36. The normalized spacial score (nSPS) is 15.5. The standard InChI is InChI=1S/C12H15NO3.C6H7N.C6H8O3.4C2H6/c1-8(9(2)12(15)16)11(14)13-10-6-4-3-5-7-10;7-6-4-2-1-3-5-6;1-3-4(2)6(8)9-5(3)7;4*1-2/h3-9H,1-2H3,(H,13,14)(H,15,16);1-5H,7H2;3-4H,1-2H3;4*1-2H3. The summed E-state index contributed by atoms with van der Waals surface area (Å²) >= 11 is 0. The molecule has 4 unspecified atom stereocenters. The van der Waals surface area contributed by atoms with Gasteiger partial charge in [0.25, 0.3) is 0 Å². The number of para-hydroxylation sites is 2. The van der Waals surface area contributed by atoms with E-state index in [0.717, 1.165) is 5.69 Å². The number of esters is 2. The minimum atomic E-state index is -0.962. The molecule has 1 heterocycles. The third kappa shape index (κ3) is 19.4. The van der Waals surface area contributed by atoms with Crippen LogP contribution in [0.15, 0.2) is 60.7 Å². The van der Waals surface area contributed by atoms with Crippen molar-refractivity contribution < 1.29 is 29.0 Å². The molecule has 0 aromatic heterocycles. The summed E-state index contributed by atoms with van der Waals surface area (Å²) < 4.78 is 4.31. The van der Waals surface area contributed by atoms with Gasteiger partial charge in [-0.2, -0.15) is 0 Å². The highest BCUT2D eigenvalue weighted by atomic mass is 16.6. The van der Waals surface area contributed by atoms with Gasteiger partial charge in [0.1, 0.15) is 0 Å². The number of hydrogen-bond acceptors (Lipinski definition) is 6. The second-order valence-corrected chi connectivity index (χ2v) is 7.50. The molecule has 40 heavy (non-hydrogen) atoms. The predicted molar refractivity (Wildman–Crippen MR) is 167 cm³/mol. The zero-order chi connectivity index (χ0) is 32.3. The summed E-state index contributed by atoms with van der Waals surface area (Å²) in [6.45, 7) is 22.5. The van der Waals surface area contributed by atoms with Crippen LogP contribution in [0.4, 0.5) is 11.4 Å². The Morgan fingerprint density at radius 1 is 0.725 bits per heavy atom. The Balaban J connectivity index is -0.000000229. The van der Waals surface area contributed by atoms with Crippen molar-refractivity contribution in [3.8, 4) is 0 Å². The SMILES string of the molecule is CC.CC.CC.CC.CC(C(=O)O)C(C)C(=O)Nc1ccccc1.CC1C(=O)OC(=O)C1C.Nc1ccccc1. The molecule has 4 atom stereocenters. The van der Waals surface area contributed by atoms with E-state index in [9.17, 15) is 19.2 Å². The molecule has 0 spiro atoms. The number of nitrogens with two attached hydrogens (primary N) is 1. The number of cyclic esters (lactones) is 2. The third-order valence-electron chi connectivity index (χ3n) is 5.09. The van der Waals surface area contributed by atoms with Gasteiger partial charge in [-0.3, -0.25) is 19.2 Å². The van der Waals surface area contributed by atoms with Gasteiger partial charge < -0.3 is 20.9 Å². The van der Waals surface area contributed by atoms with Crippen LogP contribution < -0.4 is 11.1 Å². The van der Waals surface area contributed by atoms with Crippen molar-refractivity contribution in [3.05, 3.63) is 60.7 Å². The Morgan fingerprint density at radius 2 is 1.07 bits per heavy atom. The van der Waals surface area contributed by atoms with Crippen molar-refractivity contribution in [2.75, 3.05) is 11.1 Å². The molecule has 1 aliphatic rings. The highest BCUT2D eigenvalue weighted by molar-refractivity contribution is 5.96. The van der Waals surface area contributed by atoms with Crippen LogP contribution in [0.3, 0.4) is 0 Å². The predicted octanol–water partition coefficient (Wildman–Crippen LogP) is 7.70. The molecule has 0 bridgehead atoms. The van der Waals surface area contributed by atoms with E-state index in [-0.39, 0.29) is 17.7 Å². The van der Waals surface area contributed by atoms with Crippen molar-refractivity contribution in [2.45, 2.75) is 83.1 Å². The van der Waals surface area contributed by atoms with Gasteiger partial charge in [0.15, 0.2) is 0 Å². The number of benzene rings is 2. The molecule has 1 amide bonds. The summed E-state index contributed by atoms with van der Waals surface area (Å²) in [5, 5.41) is 11.5. The van der Waals surface area contributed by atoms with Crippen LogP contribution in [0, 0.1) is 23.7 Å². The van der Waals surface area contributed by atoms with E-state index in [4.69, 9.17) is 10.8 Å². The van der Waals surface area contributed by atoms with Crippen molar-refractivity contribution >= 4 is 35.2 Å². The number of carboxylic acid groups (broad SMARTS) is 1. The van der Waals surface area contributed by atoms with Gasteiger partial charge >= 0.3 is 17.9 Å². The summed E-state index contributed by atoms with van der Waals surface area (Å²) in [5.41, 5.74) is 6.86. The number of amides is 1. The molecule has 4 N–H and O–H groups in total. The Hall–Kier alpha value is -3.68. The minimum absolute atomic E-state index is 0.252. The van der Waals surface area contributed by atoms with Crippen LogP contribution in [0.2, 0.25) is 0 Å². The number of nitrogens with one attached hydrogen (secondary N) is 1. The first-order valence-electron chi connectivity index (χ1n) is 14.2. The number of anilines is 2. The lowest BCUT2D eigenvalue weighted by Gasteiger charge is -2.15. The topological polar surface area (TPSA) is 136 Å². The van der Waals surface area contributed by atoms with E-state index in [1.54, 1.807) is 45.0 Å². The first kappa shape index (κ1) is 43.4. The summed E-state index contributed by atoms with van der Waals surface area (Å²) in [4.78, 5) is 43.5. The number of rotatable bonds is 4. The smallest absolute Gasteiger partial charge is 0.317 e. The first-order chi connectivity index (χ1) is 19.0. The molecule has 2 aromatic carbocycles. The van der Waals surface area contributed by atoms with E-state index in [0.29, 0.717) is 5.69 Å². The molecule has 8 heteroatoms. The summed E-state index contributed by atoms with van der Waals surface area (Å²) in [7, 11) is 0. The van der Waals surface area contributed by atoms with Crippen LogP contribution in [0.1, 0.15) is 83.1 Å². The summed E-state index contributed by atoms with van der Waals surface area (Å²) in [6.07, 6.45) is 0. The Bertz CT molecular complexity index is 886. The van der Waals surface area contributed by atoms with E-state index in [2.05, 4.69) is 10.1 Å². The second kappa shape index (κ2) is 28.3. The fraction of sp³-hybridized carbons (Fsp3) is 0.500. The second-order valence-electron chi connectivity index (χ2n) is 7.50. The Morgan fingerprint density at radius 3 is 1.32 bits per heavy atom. The van der Waals surface area contributed by atoms with Crippen molar-refractivity contribution in [3.63, 3.8) is 0 Å². The van der Waals surface area contributed by atoms with Crippen molar-refractivity contribution in [2.24, 2.45) is 23.7 Å². The van der Waals surface area contributed by atoms with Crippen LogP contribution in [0.25, 0.3) is 0 Å². The zero-order valence-corrected chi connectivity index (χ0v) is 26.6. The van der Waals surface area contributed by atoms with E-state index < -0.39 is 29.7 Å². The van der Waals surface area contributed by atoms with Crippen LogP contribution in [-0.2, 0) is 23.9 Å². The maximum absolute atomic E-state index is 11.7. The van der Waals surface area contributed by atoms with E-state index in [1.807, 2.05) is 91.8 Å². The number of ether oxygens (including phenoxy) is 1. The van der Waals surface area contributed by atoms with Crippen LogP contribution >= 0.6 is 0 Å². The molecule has 228 valence electrons. The molecular formula is C32H54N2O6. The molecule has 0 radical (unpaired) electrons. The average Bonchev–Trinajstić information content (AvgIpc) is 3.22. The maximum atomic E-state index is 11.7. The lowest BCUT2D eigenvalue weighted by Crippen LogP contribution is -2.29. The summed E-state index contributed by atoms with van der Waals surface area (Å²) in [6, 6.07) is 18.5. The van der Waals surface area contributed by atoms with E-state index in [1.165, 1.54) is 6.92 Å². The quantitative estimate of drug-likeness (QED) is 0.197. The number of aliphatic carboxylic acids is 1. The molecule has 1 fully saturated rings. The minimum Gasteiger partial charge on any atom is -0.481 e. The fourth-order valence-electron chi connectivity index (χ4n) is 2.36. The number of nitrogen functional groups attached to an aromatic ring is 1. The Labute approximate surface area is 242 Å². The molecule has 8 nitrogen and oxygen atoms in total. The molecule has 0 aliphatic carbocycles. The van der Waals surface area contributed by atoms with Crippen molar-refractivity contribution in [1.82, 2.24) is 0 Å². The summed E-state index contributed by atoms with van der Waals surface area (Å²) in [5.74, 6) is -3.78. The van der Waals surface area contributed by atoms with Gasteiger partial charge in [-0.05, 0) is 24.3 Å². The van der Waals surface area contributed by atoms with Gasteiger partial charge in [0.2, 0.25) is 5.91 Å². The molecular weight excluding hydrogens is 508 g/mol. The van der Waals surface area contributed by atoms with E-state index >= 15 is 0 Å². The largest absolute Gasteiger partial charge is 0.481 e. The van der Waals surface area contributed by atoms with Crippen molar-refractivity contribution in [1.29, 1.82) is 0 Å². The molecule has 2 aromatic rings. The molecule has 1 saturated heterocycles. The molecule has 1 aliphatic heterocycles. The first-order valence-corrected chi connectivity index (χ1v) is 14.2. The average molecular weight is 563 g/mol.